The molecule has 0 unspecified atom stereocenters. The molecule has 9 nitrogen and oxygen atoms in total. The maximum Gasteiger partial charge on any atom is 0.364 e. The number of Topliss-reactive ketones (excluding diaryl/α,β-unsaturated/α-hetero) is 1. The van der Waals surface area contributed by atoms with E-state index >= 15 is 0 Å². The highest BCUT2D eigenvalue weighted by Crippen LogP contribution is 2.36. The zero-order chi connectivity index (χ0) is 16.4. The van der Waals surface area contributed by atoms with Gasteiger partial charge in [-0.15, -0.1) is 0 Å². The normalized spacial score (nSPS) is 36.0. The largest absolute Gasteiger partial charge is 0.477 e. The molecule has 0 aliphatic carbocycles. The third kappa shape index (κ3) is 3.96. The van der Waals surface area contributed by atoms with Crippen molar-refractivity contribution in [2.45, 2.75) is 50.0 Å². The van der Waals surface area contributed by atoms with Crippen LogP contribution in [0.2, 0.25) is 0 Å². The van der Waals surface area contributed by atoms with Gasteiger partial charge < -0.3 is 40.2 Å². The van der Waals surface area contributed by atoms with Crippen LogP contribution in [0.1, 0.15) is 19.8 Å². The minimum Gasteiger partial charge on any atom is -0.477 e. The molecule has 1 rings (SSSR count). The summed E-state index contributed by atoms with van der Waals surface area (Å²) in [5.74, 6) is -5.87. The van der Waals surface area contributed by atoms with Crippen molar-refractivity contribution < 1.29 is 45.0 Å². The molecule has 9 heteroatoms. The number of ether oxygens (including phenoxy) is 1. The second-order valence-corrected chi connectivity index (χ2v) is 5.25. The fourth-order valence-corrected chi connectivity index (χ4v) is 2.39. The van der Waals surface area contributed by atoms with Crippen molar-refractivity contribution in [2.24, 2.45) is 5.92 Å². The van der Waals surface area contributed by atoms with Crippen molar-refractivity contribution in [3.8, 4) is 0 Å². The van der Waals surface area contributed by atoms with Gasteiger partial charge >= 0.3 is 5.97 Å². The number of aliphatic hydroxyl groups is 5. The zero-order valence-corrected chi connectivity index (χ0v) is 11.4. The molecule has 0 bridgehead atoms. The van der Waals surface area contributed by atoms with Crippen LogP contribution in [0.4, 0.5) is 0 Å². The Morgan fingerprint density at radius 3 is 2.38 bits per heavy atom. The lowest BCUT2D eigenvalue weighted by Crippen LogP contribution is -2.61. The van der Waals surface area contributed by atoms with E-state index in [0.29, 0.717) is 0 Å². The van der Waals surface area contributed by atoms with Crippen molar-refractivity contribution >= 4 is 11.8 Å². The first-order valence-corrected chi connectivity index (χ1v) is 6.40. The van der Waals surface area contributed by atoms with E-state index in [-0.39, 0.29) is 12.2 Å². The molecule has 0 aromatic heterocycles. The number of aliphatic carboxylic acids is 1. The van der Waals surface area contributed by atoms with Crippen LogP contribution in [-0.4, -0.2) is 79.2 Å². The molecule has 1 aliphatic heterocycles. The van der Waals surface area contributed by atoms with E-state index in [0.717, 1.165) is 0 Å². The zero-order valence-electron chi connectivity index (χ0n) is 11.4. The van der Waals surface area contributed by atoms with Crippen LogP contribution in [0.5, 0.6) is 0 Å². The van der Waals surface area contributed by atoms with Crippen LogP contribution in [0.25, 0.3) is 0 Å². The van der Waals surface area contributed by atoms with E-state index in [9.17, 15) is 30.0 Å². The first-order chi connectivity index (χ1) is 9.62. The highest BCUT2D eigenvalue weighted by Gasteiger charge is 2.53. The topological polar surface area (TPSA) is 165 Å². The lowest BCUT2D eigenvalue weighted by Gasteiger charge is -2.44. The molecule has 0 radical (unpaired) electrons. The van der Waals surface area contributed by atoms with E-state index < -0.39 is 55.1 Å². The average molecular weight is 308 g/mol. The first kappa shape index (κ1) is 18.0. The molecular weight excluding hydrogens is 288 g/mol. The Bertz CT molecular complexity index is 398. The summed E-state index contributed by atoms with van der Waals surface area (Å²) in [5.41, 5.74) is 0. The van der Waals surface area contributed by atoms with Gasteiger partial charge in [-0.1, -0.05) is 0 Å². The minimum absolute atomic E-state index is 0.239. The highest BCUT2D eigenvalue weighted by atomic mass is 16.7. The summed E-state index contributed by atoms with van der Waals surface area (Å²) in [6.07, 6.45) is -7.33. The van der Waals surface area contributed by atoms with E-state index in [1.165, 1.54) is 6.92 Å². The molecule has 1 aliphatic rings. The van der Waals surface area contributed by atoms with Gasteiger partial charge in [-0.3, -0.25) is 0 Å². The smallest absolute Gasteiger partial charge is 0.364 e. The van der Waals surface area contributed by atoms with Gasteiger partial charge in [0.05, 0.1) is 18.8 Å². The number of rotatable bonds is 6. The lowest BCUT2D eigenvalue weighted by atomic mass is 9.80. The molecule has 6 atom stereocenters. The number of hydrogen-bond donors (Lipinski definition) is 6. The Hall–Kier alpha value is -1.10. The highest BCUT2D eigenvalue weighted by molar-refractivity contribution is 5.77. The van der Waals surface area contributed by atoms with Crippen molar-refractivity contribution in [2.75, 3.05) is 6.61 Å². The second-order valence-electron chi connectivity index (χ2n) is 5.25. The molecular formula is C12H20O9. The maximum absolute atomic E-state index is 11.2. The Labute approximate surface area is 120 Å². The number of aliphatic hydroxyl groups excluding tert-OH is 4. The molecule has 1 saturated heterocycles. The molecule has 122 valence electrons. The quantitative estimate of drug-likeness (QED) is 0.304. The monoisotopic (exact) mass is 308 g/mol. The van der Waals surface area contributed by atoms with Crippen LogP contribution in [0.3, 0.4) is 0 Å². The molecule has 0 aromatic rings. The summed E-state index contributed by atoms with van der Waals surface area (Å²) in [7, 11) is 0. The molecule has 0 amide bonds. The predicted octanol–water partition coefficient (Wildman–Crippen LogP) is -2.78. The summed E-state index contributed by atoms with van der Waals surface area (Å²) in [4.78, 5) is 22.2. The summed E-state index contributed by atoms with van der Waals surface area (Å²) < 4.78 is 4.93. The summed E-state index contributed by atoms with van der Waals surface area (Å²) in [6, 6.07) is 0. The average Bonchev–Trinajstić information content (AvgIpc) is 2.39. The van der Waals surface area contributed by atoms with Crippen LogP contribution in [0.15, 0.2) is 0 Å². The molecule has 0 spiro atoms. The number of carboxylic acid groups (broad SMARTS) is 1. The summed E-state index contributed by atoms with van der Waals surface area (Å²) in [6.45, 7) is 0.395. The van der Waals surface area contributed by atoms with E-state index in [4.69, 9.17) is 14.9 Å². The fourth-order valence-electron chi connectivity index (χ4n) is 2.39. The summed E-state index contributed by atoms with van der Waals surface area (Å²) in [5, 5.41) is 56.9. The van der Waals surface area contributed by atoms with E-state index in [1.807, 2.05) is 0 Å². The van der Waals surface area contributed by atoms with Gasteiger partial charge in [0.15, 0.2) is 0 Å². The predicted molar refractivity (Wildman–Crippen MR) is 66.0 cm³/mol. The first-order valence-electron chi connectivity index (χ1n) is 6.40. The van der Waals surface area contributed by atoms with Crippen LogP contribution in [-0.2, 0) is 14.3 Å². The number of carboxylic acids is 1. The number of carbonyl (C=O) groups is 2. The lowest BCUT2D eigenvalue weighted by molar-refractivity contribution is -0.304. The van der Waals surface area contributed by atoms with Gasteiger partial charge in [-0.05, 0) is 6.92 Å². The minimum atomic E-state index is -2.74. The van der Waals surface area contributed by atoms with Gasteiger partial charge in [-0.25, -0.2) is 4.79 Å². The molecule has 1 fully saturated rings. The van der Waals surface area contributed by atoms with Gasteiger partial charge in [0.25, 0.3) is 5.79 Å². The molecule has 6 N–H and O–H groups in total. The number of carbonyl (C=O) groups excluding carboxylic acids is 1. The van der Waals surface area contributed by atoms with Crippen molar-refractivity contribution in [3.63, 3.8) is 0 Å². The molecule has 0 saturated carbocycles. The van der Waals surface area contributed by atoms with Crippen LogP contribution >= 0.6 is 0 Å². The van der Waals surface area contributed by atoms with Crippen LogP contribution in [0, 0.1) is 5.92 Å². The SMILES string of the molecule is CC(=O)C[C@H]1[C@H]([C@H](O)[C@H](O)CO)O[C@](O)(C(=O)O)C[C@@H]1O. The Morgan fingerprint density at radius 1 is 1.38 bits per heavy atom. The van der Waals surface area contributed by atoms with Gasteiger partial charge in [-0.2, -0.15) is 0 Å². The number of hydrogen-bond acceptors (Lipinski definition) is 8. The molecule has 1 heterocycles. The Kier molecular flexibility index (Phi) is 5.79. The van der Waals surface area contributed by atoms with Gasteiger partial charge in [0.1, 0.15) is 18.0 Å². The maximum atomic E-state index is 11.2. The second kappa shape index (κ2) is 6.77. The van der Waals surface area contributed by atoms with Crippen molar-refractivity contribution in [1.82, 2.24) is 0 Å². The Morgan fingerprint density at radius 2 is 1.95 bits per heavy atom. The Balaban J connectivity index is 3.07. The molecule has 21 heavy (non-hydrogen) atoms. The van der Waals surface area contributed by atoms with E-state index in [2.05, 4.69) is 0 Å². The number of ketones is 1. The van der Waals surface area contributed by atoms with Crippen molar-refractivity contribution in [1.29, 1.82) is 0 Å². The third-order valence-electron chi connectivity index (χ3n) is 3.51. The summed E-state index contributed by atoms with van der Waals surface area (Å²) >= 11 is 0. The molecule has 0 aromatic carbocycles. The standard InChI is InChI=1S/C12H20O9/c1-5(14)2-6-7(15)3-12(20,11(18)19)21-10(6)9(17)8(16)4-13/h6-10,13,15-17,20H,2-4H2,1H3,(H,18,19)/t6-,7+,8-,9-,10-,12+/m1/s1. The van der Waals surface area contributed by atoms with Crippen LogP contribution < -0.4 is 0 Å². The van der Waals surface area contributed by atoms with Crippen molar-refractivity contribution in [3.05, 3.63) is 0 Å². The van der Waals surface area contributed by atoms with E-state index in [1.54, 1.807) is 0 Å². The fraction of sp³-hybridized carbons (Fsp3) is 0.833. The third-order valence-corrected chi connectivity index (χ3v) is 3.51. The van der Waals surface area contributed by atoms with Gasteiger partial charge in [0.2, 0.25) is 0 Å². The van der Waals surface area contributed by atoms with Gasteiger partial charge in [0, 0.05) is 18.8 Å².